The van der Waals surface area contributed by atoms with E-state index in [1.807, 2.05) is 18.2 Å². The van der Waals surface area contributed by atoms with Gasteiger partial charge in [0, 0.05) is 92.7 Å². The fourth-order valence-electron chi connectivity index (χ4n) is 11.1. The topological polar surface area (TPSA) is 492 Å². The molecule has 2 fully saturated rings. The Morgan fingerprint density at radius 3 is 1.99 bits per heavy atom. The molecule has 0 aliphatic carbocycles. The van der Waals surface area contributed by atoms with Gasteiger partial charge in [-0.05, 0) is 104 Å². The zero-order chi connectivity index (χ0) is 71.5. The predicted molar refractivity (Wildman–Crippen MR) is 371 cm³/mol. The highest BCUT2D eigenvalue weighted by Gasteiger charge is 2.38. The van der Waals surface area contributed by atoms with Gasteiger partial charge in [0.2, 0.25) is 65.0 Å². The van der Waals surface area contributed by atoms with E-state index in [9.17, 15) is 63.3 Å². The Kier molecular flexibility index (Phi) is 29.3. The van der Waals surface area contributed by atoms with Crippen molar-refractivity contribution in [1.82, 2.24) is 62.8 Å². The van der Waals surface area contributed by atoms with Crippen molar-refractivity contribution in [2.45, 2.75) is 152 Å². The quantitative estimate of drug-likeness (QED) is 0.0212. The number of nitrogens with one attached hydrogen (secondary N) is 10. The van der Waals surface area contributed by atoms with Crippen molar-refractivity contribution in [3.8, 4) is 11.5 Å². The molecule has 31 nitrogen and oxygen atoms in total. The second-order valence-electron chi connectivity index (χ2n) is 24.4. The molecule has 0 saturated carbocycles. The number of phenols is 2. The molecule has 7 rings (SSSR count). The molecule has 2 saturated heterocycles. The van der Waals surface area contributed by atoms with Gasteiger partial charge in [-0.3, -0.25) is 57.7 Å². The molecule has 9 atom stereocenters. The van der Waals surface area contributed by atoms with Crippen LogP contribution >= 0.6 is 21.6 Å². The second kappa shape index (κ2) is 38.1. The van der Waals surface area contributed by atoms with Crippen LogP contribution in [-0.4, -0.2) is 187 Å². The maximum Gasteiger partial charge on any atom is 0.303 e. The number of aromatic amines is 1. The molecule has 19 N–H and O–H groups in total. The molecule has 0 unspecified atom stereocenters. The second-order valence-corrected chi connectivity index (χ2v) is 26.9. The van der Waals surface area contributed by atoms with Gasteiger partial charge in [-0.25, -0.2) is 9.97 Å². The zero-order valence-corrected chi connectivity index (χ0v) is 56.5. The predicted octanol–water partition coefficient (Wildman–Crippen LogP) is 0.0757. The van der Waals surface area contributed by atoms with Gasteiger partial charge in [-0.15, -0.1) is 0 Å². The molecule has 2 aliphatic rings. The number of anilines is 1. The van der Waals surface area contributed by atoms with Crippen molar-refractivity contribution in [3.63, 3.8) is 0 Å². The molecule has 532 valence electrons. The molecular weight excluding hydrogens is 1320 g/mol. The van der Waals surface area contributed by atoms with E-state index in [2.05, 4.69) is 67.8 Å². The summed E-state index contributed by atoms with van der Waals surface area (Å²) >= 11 is 0. The van der Waals surface area contributed by atoms with Crippen molar-refractivity contribution >= 4 is 109 Å². The van der Waals surface area contributed by atoms with Gasteiger partial charge in [0.1, 0.15) is 65.9 Å². The summed E-state index contributed by atoms with van der Waals surface area (Å²) in [5.74, 6) is -10.8. The van der Waals surface area contributed by atoms with E-state index in [0.29, 0.717) is 48.9 Å². The Balaban J connectivity index is 1.22. The highest BCUT2D eigenvalue weighted by atomic mass is 33.1. The SMILES string of the molecule is CC(C)[C@@H]1NC(=O)[C@@H](NC(=O)[C@H](Cc2ccc(O)cc2)NC(=O)[C@@H]2CCCN2c2ncccn2)CSSC[C@@H](C(N)=O)NC(=O)[C@H](CCC(=O)O)NC(=O)[C@H](Cc2c[nH]c3ccccc23)NC(=O)CCCCCNC(=O)[C@H](CCCN=C(N)N)NC(=O)[C@H](Cc2ccc(O)cc2)NC1=O. The van der Waals surface area contributed by atoms with Crippen molar-refractivity contribution in [2.24, 2.45) is 28.1 Å². The average Bonchev–Trinajstić information content (AvgIpc) is 1.82. The van der Waals surface area contributed by atoms with Crippen LogP contribution in [0.15, 0.2) is 102 Å². The number of phenolic OH excluding ortho intramolecular Hbond substituents is 2. The number of carboxylic acid groups (broad SMARTS) is 1. The monoisotopic (exact) mass is 1410 g/mol. The fraction of sp³-hybridized carbons (Fsp3) is 0.455. The smallest absolute Gasteiger partial charge is 0.303 e. The number of amides is 10. The van der Waals surface area contributed by atoms with Gasteiger partial charge in [-0.1, -0.05) is 84.3 Å². The lowest BCUT2D eigenvalue weighted by Gasteiger charge is -2.29. The minimum atomic E-state index is -1.59. The molecule has 4 heterocycles. The zero-order valence-electron chi connectivity index (χ0n) is 54.9. The number of para-hydroxylation sites is 1. The van der Waals surface area contributed by atoms with Crippen molar-refractivity contribution in [1.29, 1.82) is 0 Å². The van der Waals surface area contributed by atoms with Crippen LogP contribution in [0.3, 0.4) is 0 Å². The number of rotatable bonds is 20. The van der Waals surface area contributed by atoms with Crippen molar-refractivity contribution < 1.29 is 68.1 Å². The number of benzene rings is 3. The molecule has 33 heteroatoms. The molecule has 3 aromatic carbocycles. The number of nitrogens with two attached hydrogens (primary N) is 3. The van der Waals surface area contributed by atoms with Crippen LogP contribution in [0.1, 0.15) is 94.7 Å². The summed E-state index contributed by atoms with van der Waals surface area (Å²) in [6, 6.07) is 8.27. The minimum absolute atomic E-state index is 0.0189. The van der Waals surface area contributed by atoms with E-state index in [0.717, 1.165) is 32.5 Å². The number of hydrogen-bond donors (Lipinski definition) is 16. The molecule has 0 bridgehead atoms. The number of guanidine groups is 1. The van der Waals surface area contributed by atoms with Crippen LogP contribution in [-0.2, 0) is 72.0 Å². The van der Waals surface area contributed by atoms with Gasteiger partial charge in [0.25, 0.3) is 0 Å². The Hall–Kier alpha value is -10.2. The molecule has 2 aliphatic heterocycles. The lowest BCUT2D eigenvalue weighted by atomic mass is 10.00. The lowest BCUT2D eigenvalue weighted by molar-refractivity contribution is -0.138. The summed E-state index contributed by atoms with van der Waals surface area (Å²) in [6.07, 6.45) is 5.38. The van der Waals surface area contributed by atoms with Gasteiger partial charge < -0.3 is 90.3 Å². The maximum absolute atomic E-state index is 15.0. The minimum Gasteiger partial charge on any atom is -0.508 e. The first kappa shape index (κ1) is 76.2. The number of aliphatic imine (C=N–C) groups is 1. The molecule has 5 aromatic rings. The van der Waals surface area contributed by atoms with E-state index in [1.54, 1.807) is 49.2 Å². The largest absolute Gasteiger partial charge is 0.508 e. The highest BCUT2D eigenvalue weighted by molar-refractivity contribution is 8.76. The van der Waals surface area contributed by atoms with Crippen molar-refractivity contribution in [3.05, 3.63) is 114 Å². The number of nitrogens with zero attached hydrogens (tertiary/aromatic N) is 4. The number of fused-ring (bicyclic) bond motifs is 1. The van der Waals surface area contributed by atoms with Crippen LogP contribution < -0.4 is 70.0 Å². The van der Waals surface area contributed by atoms with Crippen LogP contribution in [0.4, 0.5) is 5.95 Å². The average molecular weight is 1410 g/mol. The van der Waals surface area contributed by atoms with E-state index in [1.165, 1.54) is 48.8 Å². The maximum atomic E-state index is 15.0. The Morgan fingerprint density at radius 2 is 1.32 bits per heavy atom. The van der Waals surface area contributed by atoms with Gasteiger partial charge in [0.05, 0.1) is 0 Å². The third kappa shape index (κ3) is 24.1. The summed E-state index contributed by atoms with van der Waals surface area (Å²) in [4.78, 5) is 173. The number of aromatic hydroxyl groups is 2. The van der Waals surface area contributed by atoms with E-state index >= 15 is 4.79 Å². The van der Waals surface area contributed by atoms with Gasteiger partial charge in [-0.2, -0.15) is 0 Å². The summed E-state index contributed by atoms with van der Waals surface area (Å²) in [5.41, 5.74) is 19.4. The summed E-state index contributed by atoms with van der Waals surface area (Å²) in [6.45, 7) is 3.83. The molecule has 0 radical (unpaired) electrons. The number of primary amides is 1. The van der Waals surface area contributed by atoms with E-state index in [-0.39, 0.29) is 92.9 Å². The number of carboxylic acids is 1. The molecule has 2 aromatic heterocycles. The first-order valence-corrected chi connectivity index (χ1v) is 35.1. The molecule has 0 spiro atoms. The van der Waals surface area contributed by atoms with Crippen LogP contribution in [0.2, 0.25) is 0 Å². The Labute approximate surface area is 579 Å². The molecule has 99 heavy (non-hydrogen) atoms. The van der Waals surface area contributed by atoms with Crippen LogP contribution in [0, 0.1) is 5.92 Å². The lowest BCUT2D eigenvalue weighted by Crippen LogP contribution is -2.61. The number of aliphatic carboxylic acids is 1. The summed E-state index contributed by atoms with van der Waals surface area (Å²) in [5, 5.41) is 55.4. The third-order valence-electron chi connectivity index (χ3n) is 16.5. The van der Waals surface area contributed by atoms with Gasteiger partial charge in [0.15, 0.2) is 5.96 Å². The first-order valence-electron chi connectivity index (χ1n) is 32.6. The normalized spacial score (nSPS) is 22.0. The van der Waals surface area contributed by atoms with E-state index in [4.69, 9.17) is 17.2 Å². The first-order chi connectivity index (χ1) is 47.4. The number of H-pyrrole nitrogens is 1. The number of carbonyl (C=O) groups is 11. The summed E-state index contributed by atoms with van der Waals surface area (Å²) in [7, 11) is 1.83. The number of aromatic nitrogens is 3. The number of hydrogen-bond acceptors (Lipinski definition) is 19. The number of carbonyl (C=O) groups excluding carboxylic acids is 10. The Bertz CT molecular complexity index is 3640. The third-order valence-corrected chi connectivity index (χ3v) is 18.9. The van der Waals surface area contributed by atoms with Crippen LogP contribution in [0.25, 0.3) is 10.9 Å². The standard InChI is InChI=1S/C66H87N17O14S2/c1-37(2)55-64(97)79-48(32-39-18-22-42(85)23-19-39)59(92)76-45(13-8-27-71-65(68)69)57(90)70-26-7-3-4-15-53(86)75-49(33-40-34-74-44-12-6-5-11-43(40)44)61(94)77-46(24-25-54(87)88)58(91)80-50(56(67)89)35-98-99-36-51(62(95)82-55)81-60(93)47(31-38-16-20-41(84)21-17-38)78-63(96)52-14-9-30-83(52)66-72-28-10-29-73-66/h5-6,10-12,16-23,28-29,34,37,45-52,55,74,84-85H,3-4,7-9,13-15,24-27,30-33,35-36H2,1-2H3,(H2,67,89)(H,70,90)(H,75,86)(H,76,92)(H,77,94)(H,78,96)(H,79,97)(H,80,91)(H,81,93)(H,82,95)(H,87,88)(H4,68,69,71)/t45-,46-,47-,48-,49-,50-,51-,52-,55-/m0/s1. The molecular formula is C66H87N17O14S2. The van der Waals surface area contributed by atoms with E-state index < -0.39 is 138 Å². The molecule has 10 amide bonds. The highest BCUT2D eigenvalue weighted by Crippen LogP contribution is 2.26. The van der Waals surface area contributed by atoms with Gasteiger partial charge >= 0.3 is 5.97 Å². The Morgan fingerprint density at radius 1 is 0.687 bits per heavy atom. The fourth-order valence-corrected chi connectivity index (χ4v) is 13.5. The van der Waals surface area contributed by atoms with Crippen molar-refractivity contribution in [2.75, 3.05) is 36.0 Å². The summed E-state index contributed by atoms with van der Waals surface area (Å²) < 4.78 is 0. The van der Waals surface area contributed by atoms with Crippen LogP contribution in [0.5, 0.6) is 11.5 Å².